The lowest BCUT2D eigenvalue weighted by Gasteiger charge is -2.28. The van der Waals surface area contributed by atoms with Gasteiger partial charge in [0.15, 0.2) is 0 Å². The molecule has 1 saturated heterocycles. The van der Waals surface area contributed by atoms with Gasteiger partial charge in [-0.3, -0.25) is 9.59 Å². The van der Waals surface area contributed by atoms with Gasteiger partial charge < -0.3 is 19.9 Å². The number of amides is 2. The van der Waals surface area contributed by atoms with Crippen LogP contribution in [0.4, 0.5) is 5.69 Å². The van der Waals surface area contributed by atoms with Gasteiger partial charge in [-0.15, -0.1) is 11.8 Å². The van der Waals surface area contributed by atoms with Crippen molar-refractivity contribution in [1.29, 1.82) is 0 Å². The van der Waals surface area contributed by atoms with Crippen molar-refractivity contribution in [3.8, 4) is 0 Å². The van der Waals surface area contributed by atoms with Crippen LogP contribution in [0.25, 0.3) is 0 Å². The van der Waals surface area contributed by atoms with E-state index in [0.29, 0.717) is 12.3 Å². The molecule has 2 amide bonds. The predicted molar refractivity (Wildman–Crippen MR) is 93.5 cm³/mol. The molecule has 2 aliphatic rings. The summed E-state index contributed by atoms with van der Waals surface area (Å²) in [6.07, 6.45) is 0.946. The quantitative estimate of drug-likeness (QED) is 0.682. The van der Waals surface area contributed by atoms with E-state index >= 15 is 0 Å². The van der Waals surface area contributed by atoms with Crippen LogP contribution in [0.15, 0.2) is 29.2 Å². The number of morpholine rings is 1. The fraction of sp³-hybridized carbons (Fsp3) is 0.529. The van der Waals surface area contributed by atoms with Gasteiger partial charge in [-0.25, -0.2) is 0 Å². The molecule has 130 valence electrons. The van der Waals surface area contributed by atoms with Gasteiger partial charge in [0.1, 0.15) is 19.6 Å². The number of quaternary nitrogens is 1. The summed E-state index contributed by atoms with van der Waals surface area (Å²) in [6, 6.07) is 7.73. The first-order valence-corrected chi connectivity index (χ1v) is 9.43. The minimum atomic E-state index is -0.0953. The lowest BCUT2D eigenvalue weighted by atomic mass is 10.2. The number of fused-ring (bicyclic) bond motifs is 1. The Bertz CT molecular complexity index is 590. The van der Waals surface area contributed by atoms with Crippen LogP contribution in [0.5, 0.6) is 0 Å². The number of carbonyl (C=O) groups excluding carboxylic acids is 2. The number of rotatable bonds is 6. The van der Waals surface area contributed by atoms with Crippen LogP contribution in [0, 0.1) is 0 Å². The third-order valence-electron chi connectivity index (χ3n) is 4.34. The Morgan fingerprint density at radius 3 is 2.92 bits per heavy atom. The summed E-state index contributed by atoms with van der Waals surface area (Å²) in [5, 5.41) is 2.94. The van der Waals surface area contributed by atoms with Gasteiger partial charge in [0, 0.05) is 17.9 Å². The first-order valence-electron chi connectivity index (χ1n) is 8.44. The Morgan fingerprint density at radius 1 is 1.29 bits per heavy atom. The molecule has 3 rings (SSSR count). The highest BCUT2D eigenvalue weighted by molar-refractivity contribution is 8.00. The van der Waals surface area contributed by atoms with E-state index in [9.17, 15) is 9.59 Å². The summed E-state index contributed by atoms with van der Waals surface area (Å²) in [6.45, 7) is 5.55. The number of thioether (sulfide) groups is 1. The summed E-state index contributed by atoms with van der Waals surface area (Å²) in [5.41, 5.74) is 0.840. The number of hydrogen-bond donors (Lipinski definition) is 2. The molecule has 1 fully saturated rings. The number of nitrogens with zero attached hydrogens (tertiary/aromatic N) is 1. The van der Waals surface area contributed by atoms with Crippen molar-refractivity contribution in [2.75, 3.05) is 56.6 Å². The van der Waals surface area contributed by atoms with Crippen LogP contribution in [-0.2, 0) is 14.3 Å². The molecule has 0 atom stereocenters. The van der Waals surface area contributed by atoms with E-state index in [0.717, 1.165) is 49.9 Å². The van der Waals surface area contributed by atoms with Crippen LogP contribution >= 0.6 is 11.8 Å². The topological polar surface area (TPSA) is 63.1 Å². The summed E-state index contributed by atoms with van der Waals surface area (Å²) in [4.78, 5) is 28.5. The van der Waals surface area contributed by atoms with E-state index in [1.54, 1.807) is 4.90 Å². The third kappa shape index (κ3) is 4.49. The van der Waals surface area contributed by atoms with Crippen molar-refractivity contribution in [1.82, 2.24) is 5.32 Å². The molecule has 1 aromatic carbocycles. The maximum atomic E-state index is 12.2. The molecule has 7 heteroatoms. The van der Waals surface area contributed by atoms with E-state index in [1.165, 1.54) is 16.7 Å². The smallest absolute Gasteiger partial charge is 0.240 e. The van der Waals surface area contributed by atoms with Crippen LogP contribution < -0.4 is 15.1 Å². The number of hydrogen-bond acceptors (Lipinski definition) is 4. The van der Waals surface area contributed by atoms with Crippen LogP contribution in [0.1, 0.15) is 6.42 Å². The van der Waals surface area contributed by atoms with E-state index in [1.807, 2.05) is 24.3 Å². The maximum Gasteiger partial charge on any atom is 0.240 e. The van der Waals surface area contributed by atoms with Crippen molar-refractivity contribution >= 4 is 29.3 Å². The summed E-state index contributed by atoms with van der Waals surface area (Å²) in [5.74, 6) is 0.290. The van der Waals surface area contributed by atoms with E-state index < -0.39 is 0 Å². The Morgan fingerprint density at radius 2 is 2.08 bits per heavy atom. The molecule has 0 spiro atoms. The van der Waals surface area contributed by atoms with Crippen molar-refractivity contribution in [3.05, 3.63) is 24.3 Å². The highest BCUT2D eigenvalue weighted by Gasteiger charge is 2.26. The highest BCUT2D eigenvalue weighted by atomic mass is 32.2. The fourth-order valence-corrected chi connectivity index (χ4v) is 3.94. The molecule has 0 aliphatic carbocycles. The van der Waals surface area contributed by atoms with Gasteiger partial charge in [-0.2, -0.15) is 0 Å². The first-order chi connectivity index (χ1) is 11.7. The zero-order valence-electron chi connectivity index (χ0n) is 13.8. The minimum absolute atomic E-state index is 0.00777. The van der Waals surface area contributed by atoms with E-state index in [2.05, 4.69) is 5.32 Å². The maximum absolute atomic E-state index is 12.2. The first kappa shape index (κ1) is 17.3. The molecule has 0 radical (unpaired) electrons. The van der Waals surface area contributed by atoms with Gasteiger partial charge >= 0.3 is 0 Å². The SMILES string of the molecule is O=C(CN1C(=O)CSc2ccccc21)NCCC[NH+]1CCOCC1. The average molecular weight is 350 g/mol. The van der Waals surface area contributed by atoms with Crippen LogP contribution in [-0.4, -0.2) is 63.5 Å². The Kier molecular flexibility index (Phi) is 6.12. The lowest BCUT2D eigenvalue weighted by Crippen LogP contribution is -3.14. The second-order valence-electron chi connectivity index (χ2n) is 6.05. The molecule has 0 saturated carbocycles. The number of nitrogens with one attached hydrogen (secondary N) is 2. The van der Waals surface area contributed by atoms with Gasteiger partial charge in [-0.05, 0) is 12.1 Å². The lowest BCUT2D eigenvalue weighted by molar-refractivity contribution is -0.908. The standard InChI is InChI=1S/C17H23N3O3S/c21-16(18-6-3-7-19-8-10-23-11-9-19)12-20-14-4-1-2-5-15(14)24-13-17(20)22/h1-2,4-5H,3,6-13H2,(H,18,21)/p+1. The molecular weight excluding hydrogens is 326 g/mol. The molecule has 2 heterocycles. The Balaban J connectivity index is 1.44. The average Bonchev–Trinajstić information content (AvgIpc) is 2.62. The second kappa shape index (κ2) is 8.50. The molecule has 0 unspecified atom stereocenters. The van der Waals surface area contributed by atoms with Crippen molar-refractivity contribution in [2.45, 2.75) is 11.3 Å². The summed E-state index contributed by atoms with van der Waals surface area (Å²) in [7, 11) is 0. The molecule has 0 bridgehead atoms. The molecule has 2 aliphatic heterocycles. The van der Waals surface area contributed by atoms with Gasteiger partial charge in [0.05, 0.1) is 31.2 Å². The Labute approximate surface area is 146 Å². The number of ether oxygens (including phenoxy) is 1. The summed E-state index contributed by atoms with van der Waals surface area (Å²) >= 11 is 1.53. The van der Waals surface area contributed by atoms with Crippen LogP contribution in [0.3, 0.4) is 0 Å². The highest BCUT2D eigenvalue weighted by Crippen LogP contribution is 2.34. The molecule has 0 aromatic heterocycles. The number of para-hydroxylation sites is 1. The zero-order valence-corrected chi connectivity index (χ0v) is 14.6. The molecule has 24 heavy (non-hydrogen) atoms. The van der Waals surface area contributed by atoms with Crippen LogP contribution in [0.2, 0.25) is 0 Å². The van der Waals surface area contributed by atoms with Gasteiger partial charge in [-0.1, -0.05) is 12.1 Å². The normalized spacial score (nSPS) is 18.3. The second-order valence-corrected chi connectivity index (χ2v) is 7.07. The molecule has 2 N–H and O–H groups in total. The summed E-state index contributed by atoms with van der Waals surface area (Å²) < 4.78 is 5.34. The monoisotopic (exact) mass is 350 g/mol. The number of benzene rings is 1. The third-order valence-corrected chi connectivity index (χ3v) is 5.39. The number of anilines is 1. The van der Waals surface area contributed by atoms with Gasteiger partial charge in [0.25, 0.3) is 0 Å². The Hall–Kier alpha value is -1.57. The van der Waals surface area contributed by atoms with Gasteiger partial charge in [0.2, 0.25) is 11.8 Å². The molecule has 6 nitrogen and oxygen atoms in total. The molecular formula is C17H24N3O3S+. The predicted octanol–water partition coefficient (Wildman–Crippen LogP) is -0.453. The van der Waals surface area contributed by atoms with E-state index in [4.69, 9.17) is 4.74 Å². The van der Waals surface area contributed by atoms with Crippen molar-refractivity contribution in [2.24, 2.45) is 0 Å². The van der Waals surface area contributed by atoms with Crippen molar-refractivity contribution < 1.29 is 19.2 Å². The van der Waals surface area contributed by atoms with E-state index in [-0.39, 0.29) is 18.4 Å². The number of carbonyl (C=O) groups is 2. The zero-order chi connectivity index (χ0) is 16.8. The largest absolute Gasteiger partial charge is 0.370 e. The fourth-order valence-electron chi connectivity index (χ4n) is 3.00. The molecule has 1 aromatic rings. The van der Waals surface area contributed by atoms with Crippen molar-refractivity contribution in [3.63, 3.8) is 0 Å². The minimum Gasteiger partial charge on any atom is -0.370 e.